The zero-order valence-electron chi connectivity index (χ0n) is 10.1. The molecule has 0 amide bonds. The third-order valence-corrected chi connectivity index (χ3v) is 2.44. The standard InChI is InChI=1S/C12H14N6/c1-9-6-17-18(8-9)3-2-15-12-11(14)4-10(5-13)7-16-12/h4,6-8H,2-3,14H2,1H3,(H,15,16). The molecule has 0 saturated heterocycles. The van der Waals surface area contributed by atoms with Crippen LogP contribution in [-0.4, -0.2) is 21.3 Å². The summed E-state index contributed by atoms with van der Waals surface area (Å²) in [5.74, 6) is 0.595. The van der Waals surface area contributed by atoms with Gasteiger partial charge in [0.1, 0.15) is 11.9 Å². The van der Waals surface area contributed by atoms with Gasteiger partial charge in [-0.15, -0.1) is 0 Å². The van der Waals surface area contributed by atoms with E-state index in [2.05, 4.69) is 15.4 Å². The zero-order chi connectivity index (χ0) is 13.0. The van der Waals surface area contributed by atoms with E-state index in [0.717, 1.165) is 12.1 Å². The number of hydrogen-bond acceptors (Lipinski definition) is 5. The highest BCUT2D eigenvalue weighted by molar-refractivity contribution is 5.62. The van der Waals surface area contributed by atoms with Crippen LogP contribution < -0.4 is 11.1 Å². The highest BCUT2D eigenvalue weighted by Crippen LogP contribution is 2.15. The van der Waals surface area contributed by atoms with E-state index in [1.54, 1.807) is 6.07 Å². The Bertz CT molecular complexity index is 580. The molecule has 2 heterocycles. The van der Waals surface area contributed by atoms with Gasteiger partial charge in [-0.1, -0.05) is 0 Å². The normalized spacial score (nSPS) is 10.0. The number of nitrogen functional groups attached to an aromatic ring is 1. The fourth-order valence-electron chi connectivity index (χ4n) is 1.57. The highest BCUT2D eigenvalue weighted by Gasteiger charge is 2.02. The summed E-state index contributed by atoms with van der Waals surface area (Å²) >= 11 is 0. The number of aryl methyl sites for hydroxylation is 1. The molecule has 18 heavy (non-hydrogen) atoms. The first-order valence-electron chi connectivity index (χ1n) is 5.57. The fraction of sp³-hybridized carbons (Fsp3) is 0.250. The Kier molecular flexibility index (Phi) is 3.44. The number of rotatable bonds is 4. The number of pyridine rings is 1. The molecule has 0 bridgehead atoms. The molecule has 0 spiro atoms. The number of hydrogen-bond donors (Lipinski definition) is 2. The lowest BCUT2D eigenvalue weighted by molar-refractivity contribution is 0.637. The zero-order valence-corrected chi connectivity index (χ0v) is 10.1. The Balaban J connectivity index is 1.92. The van der Waals surface area contributed by atoms with Crippen LogP contribution in [0.4, 0.5) is 11.5 Å². The molecule has 0 aliphatic heterocycles. The van der Waals surface area contributed by atoms with E-state index in [-0.39, 0.29) is 0 Å². The maximum Gasteiger partial charge on any atom is 0.149 e. The van der Waals surface area contributed by atoms with Crippen LogP contribution >= 0.6 is 0 Å². The summed E-state index contributed by atoms with van der Waals surface area (Å²) < 4.78 is 1.85. The van der Waals surface area contributed by atoms with E-state index in [0.29, 0.717) is 23.6 Å². The van der Waals surface area contributed by atoms with Gasteiger partial charge in [0.25, 0.3) is 0 Å². The van der Waals surface area contributed by atoms with Crippen molar-refractivity contribution >= 4 is 11.5 Å². The molecule has 92 valence electrons. The molecule has 0 radical (unpaired) electrons. The molecule has 2 aromatic heterocycles. The summed E-state index contributed by atoms with van der Waals surface area (Å²) in [4.78, 5) is 4.10. The molecular weight excluding hydrogens is 228 g/mol. The molecule has 0 unspecified atom stereocenters. The molecule has 2 rings (SSSR count). The largest absolute Gasteiger partial charge is 0.396 e. The van der Waals surface area contributed by atoms with Gasteiger partial charge >= 0.3 is 0 Å². The Morgan fingerprint density at radius 2 is 2.33 bits per heavy atom. The second-order valence-electron chi connectivity index (χ2n) is 3.98. The van der Waals surface area contributed by atoms with Crippen LogP contribution in [-0.2, 0) is 6.54 Å². The van der Waals surface area contributed by atoms with Gasteiger partial charge in [-0.25, -0.2) is 4.98 Å². The predicted molar refractivity (Wildman–Crippen MR) is 68.8 cm³/mol. The SMILES string of the molecule is Cc1cnn(CCNc2ncc(C#N)cc2N)c1. The fourth-order valence-corrected chi connectivity index (χ4v) is 1.57. The maximum absolute atomic E-state index is 8.70. The lowest BCUT2D eigenvalue weighted by Gasteiger charge is -2.08. The quantitative estimate of drug-likeness (QED) is 0.839. The number of nitrogens with one attached hydrogen (secondary N) is 1. The van der Waals surface area contributed by atoms with Crippen LogP contribution in [0.15, 0.2) is 24.7 Å². The molecule has 6 nitrogen and oxygen atoms in total. The smallest absolute Gasteiger partial charge is 0.149 e. The first-order chi connectivity index (χ1) is 8.69. The number of nitriles is 1. The van der Waals surface area contributed by atoms with Gasteiger partial charge in [0.15, 0.2) is 0 Å². The molecule has 0 saturated carbocycles. The van der Waals surface area contributed by atoms with Gasteiger partial charge in [0.2, 0.25) is 0 Å². The summed E-state index contributed by atoms with van der Waals surface area (Å²) in [6, 6.07) is 3.60. The van der Waals surface area contributed by atoms with Crippen LogP contribution in [0.5, 0.6) is 0 Å². The molecule has 6 heteroatoms. The van der Waals surface area contributed by atoms with Crippen molar-refractivity contribution in [3.8, 4) is 6.07 Å². The molecule has 3 N–H and O–H groups in total. The second-order valence-corrected chi connectivity index (χ2v) is 3.98. The summed E-state index contributed by atoms with van der Waals surface area (Å²) in [6.07, 6.45) is 5.28. The van der Waals surface area contributed by atoms with E-state index >= 15 is 0 Å². The maximum atomic E-state index is 8.70. The van der Waals surface area contributed by atoms with Gasteiger partial charge in [-0.3, -0.25) is 4.68 Å². The van der Waals surface area contributed by atoms with Gasteiger partial charge in [-0.2, -0.15) is 10.4 Å². The highest BCUT2D eigenvalue weighted by atomic mass is 15.3. The average Bonchev–Trinajstić information content (AvgIpc) is 2.77. The van der Waals surface area contributed by atoms with Crippen molar-refractivity contribution in [2.75, 3.05) is 17.6 Å². The molecule has 0 fully saturated rings. The monoisotopic (exact) mass is 242 g/mol. The predicted octanol–water partition coefficient (Wildman–Crippen LogP) is 1.15. The Labute approximate surface area is 105 Å². The van der Waals surface area contributed by atoms with Crippen molar-refractivity contribution in [1.82, 2.24) is 14.8 Å². The van der Waals surface area contributed by atoms with Gasteiger partial charge in [0, 0.05) is 18.9 Å². The Morgan fingerprint density at radius 3 is 2.94 bits per heavy atom. The Hall–Kier alpha value is -2.55. The van der Waals surface area contributed by atoms with Crippen LogP contribution in [0.3, 0.4) is 0 Å². The van der Waals surface area contributed by atoms with Crippen molar-refractivity contribution in [3.05, 3.63) is 35.8 Å². The topological polar surface area (TPSA) is 92.5 Å². The number of aromatic nitrogens is 3. The third kappa shape index (κ3) is 2.77. The molecule has 0 atom stereocenters. The van der Waals surface area contributed by atoms with Gasteiger partial charge < -0.3 is 11.1 Å². The minimum Gasteiger partial charge on any atom is -0.396 e. The van der Waals surface area contributed by atoms with Crippen molar-refractivity contribution in [2.24, 2.45) is 0 Å². The lowest BCUT2D eigenvalue weighted by atomic mass is 10.3. The van der Waals surface area contributed by atoms with Crippen LogP contribution in [0, 0.1) is 18.3 Å². The molecule has 2 aromatic rings. The molecular formula is C12H14N6. The van der Waals surface area contributed by atoms with E-state index in [1.807, 2.05) is 30.1 Å². The Morgan fingerprint density at radius 1 is 1.50 bits per heavy atom. The molecule has 0 aromatic carbocycles. The average molecular weight is 242 g/mol. The van der Waals surface area contributed by atoms with Gasteiger partial charge in [-0.05, 0) is 18.6 Å². The van der Waals surface area contributed by atoms with Crippen LogP contribution in [0.25, 0.3) is 0 Å². The van der Waals surface area contributed by atoms with E-state index in [1.165, 1.54) is 6.20 Å². The van der Waals surface area contributed by atoms with Crippen molar-refractivity contribution in [2.45, 2.75) is 13.5 Å². The molecule has 0 aliphatic rings. The second kappa shape index (κ2) is 5.19. The number of nitrogens with zero attached hydrogens (tertiary/aromatic N) is 4. The van der Waals surface area contributed by atoms with E-state index in [9.17, 15) is 0 Å². The van der Waals surface area contributed by atoms with Crippen molar-refractivity contribution in [3.63, 3.8) is 0 Å². The summed E-state index contributed by atoms with van der Waals surface area (Å²) in [5, 5.41) is 16.0. The third-order valence-electron chi connectivity index (χ3n) is 2.44. The number of nitrogens with two attached hydrogens (primary N) is 1. The minimum atomic E-state index is 0.459. The lowest BCUT2D eigenvalue weighted by Crippen LogP contribution is -2.13. The number of anilines is 2. The first kappa shape index (κ1) is 11.9. The summed E-state index contributed by atoms with van der Waals surface area (Å²) in [6.45, 7) is 3.40. The molecule has 0 aliphatic carbocycles. The van der Waals surface area contributed by atoms with Gasteiger partial charge in [0.05, 0.1) is 24.0 Å². The van der Waals surface area contributed by atoms with Crippen molar-refractivity contribution in [1.29, 1.82) is 5.26 Å². The summed E-state index contributed by atoms with van der Waals surface area (Å²) in [5.41, 5.74) is 7.85. The van der Waals surface area contributed by atoms with E-state index in [4.69, 9.17) is 11.0 Å². The van der Waals surface area contributed by atoms with Crippen LogP contribution in [0.1, 0.15) is 11.1 Å². The van der Waals surface area contributed by atoms with Crippen molar-refractivity contribution < 1.29 is 0 Å². The first-order valence-corrected chi connectivity index (χ1v) is 5.57. The summed E-state index contributed by atoms with van der Waals surface area (Å²) in [7, 11) is 0. The van der Waals surface area contributed by atoms with E-state index < -0.39 is 0 Å². The van der Waals surface area contributed by atoms with Crippen LogP contribution in [0.2, 0.25) is 0 Å². The minimum absolute atomic E-state index is 0.459.